The van der Waals surface area contributed by atoms with E-state index >= 15 is 0 Å². The van der Waals surface area contributed by atoms with Gasteiger partial charge in [0.1, 0.15) is 0 Å². The van der Waals surface area contributed by atoms with Gasteiger partial charge in [-0.25, -0.2) is 4.98 Å². The van der Waals surface area contributed by atoms with Crippen molar-refractivity contribution in [3.8, 4) is 0 Å². The van der Waals surface area contributed by atoms with Crippen LogP contribution < -0.4 is 0 Å². The number of aliphatic hydroxyl groups excluding tert-OH is 1. The molecule has 1 heterocycles. The van der Waals surface area contributed by atoms with E-state index in [9.17, 15) is 0 Å². The van der Waals surface area contributed by atoms with Gasteiger partial charge in [-0.1, -0.05) is 6.08 Å². The lowest BCUT2D eigenvalue weighted by molar-refractivity contribution is 0.198. The van der Waals surface area contributed by atoms with E-state index in [0.29, 0.717) is 6.42 Å². The molecule has 1 atom stereocenters. The van der Waals surface area contributed by atoms with Gasteiger partial charge in [0.15, 0.2) is 0 Å². The summed E-state index contributed by atoms with van der Waals surface area (Å²) in [6.45, 7) is 5.18. The van der Waals surface area contributed by atoms with E-state index in [1.807, 2.05) is 0 Å². The zero-order valence-electron chi connectivity index (χ0n) is 7.10. The van der Waals surface area contributed by atoms with Crippen molar-refractivity contribution in [1.82, 2.24) is 9.97 Å². The predicted molar refractivity (Wildman–Crippen MR) is 55.4 cm³/mol. The van der Waals surface area contributed by atoms with Crippen molar-refractivity contribution in [1.29, 1.82) is 0 Å². The van der Waals surface area contributed by atoms with Crippen molar-refractivity contribution in [2.45, 2.75) is 19.4 Å². The first-order valence-corrected chi connectivity index (χ1v) is 3.49. The van der Waals surface area contributed by atoms with Gasteiger partial charge in [-0.3, -0.25) is 0 Å². The highest BCUT2D eigenvalue weighted by Crippen LogP contribution is 1.85. The molecule has 2 N–H and O–H groups in total. The Kier molecular flexibility index (Phi) is 12.1. The van der Waals surface area contributed by atoms with E-state index in [4.69, 9.17) is 5.11 Å². The normalized spacial score (nSPS) is 10.2. The number of aliphatic hydroxyl groups is 1. The molecule has 0 aliphatic carbocycles. The Bertz CT molecular complexity index is 146. The number of aromatic amines is 1. The molecule has 1 aromatic rings. The lowest BCUT2D eigenvalue weighted by atomic mass is 10.3. The van der Waals surface area contributed by atoms with Gasteiger partial charge >= 0.3 is 0 Å². The Morgan fingerprint density at radius 3 is 2.50 bits per heavy atom. The third-order valence-electron chi connectivity index (χ3n) is 0.914. The van der Waals surface area contributed by atoms with Crippen LogP contribution in [0.15, 0.2) is 31.4 Å². The molecule has 1 rings (SSSR count). The summed E-state index contributed by atoms with van der Waals surface area (Å²) in [5.41, 5.74) is 0. The lowest BCUT2D eigenvalue weighted by Crippen LogP contribution is -1.94. The zero-order chi connectivity index (χ0) is 8.53. The summed E-state index contributed by atoms with van der Waals surface area (Å²) in [6, 6.07) is 0. The van der Waals surface area contributed by atoms with E-state index in [-0.39, 0.29) is 23.1 Å². The van der Waals surface area contributed by atoms with E-state index in [0.717, 1.165) is 0 Å². The van der Waals surface area contributed by atoms with E-state index in [2.05, 4.69) is 16.5 Å². The van der Waals surface area contributed by atoms with Crippen LogP contribution in [0.2, 0.25) is 0 Å². The summed E-state index contributed by atoms with van der Waals surface area (Å²) in [5.74, 6) is 0. The summed E-state index contributed by atoms with van der Waals surface area (Å²) in [5, 5.41) is 8.48. The second kappa shape index (κ2) is 10.4. The zero-order valence-corrected chi connectivity index (χ0v) is 8.82. The first kappa shape index (κ1) is 13.9. The highest BCUT2D eigenvalue weighted by Gasteiger charge is 1.84. The third-order valence-corrected chi connectivity index (χ3v) is 0.914. The molecule has 0 saturated heterocycles. The van der Waals surface area contributed by atoms with Crippen LogP contribution in [0.5, 0.6) is 0 Å². The lowest BCUT2D eigenvalue weighted by Gasteiger charge is -1.92. The Morgan fingerprint density at radius 2 is 2.42 bits per heavy atom. The van der Waals surface area contributed by atoms with Crippen LogP contribution in [0.3, 0.4) is 0 Å². The highest BCUT2D eigenvalue weighted by molar-refractivity contribution is 8.93. The Morgan fingerprint density at radius 1 is 1.75 bits per heavy atom. The Balaban J connectivity index is 0. The van der Waals surface area contributed by atoms with Crippen LogP contribution in [-0.4, -0.2) is 21.2 Å². The highest BCUT2D eigenvalue weighted by atomic mass is 79.9. The number of H-pyrrole nitrogens is 1. The molecule has 0 aromatic carbocycles. The number of halogens is 1. The number of hydrogen-bond donors (Lipinski definition) is 2. The second-order valence-corrected chi connectivity index (χ2v) is 2.13. The predicted octanol–water partition coefficient (Wildman–Crippen LogP) is 1.93. The van der Waals surface area contributed by atoms with Crippen molar-refractivity contribution in [3.05, 3.63) is 31.4 Å². The molecule has 0 bridgehead atoms. The number of rotatable bonds is 2. The van der Waals surface area contributed by atoms with Crippen LogP contribution in [-0.2, 0) is 0 Å². The Labute approximate surface area is 83.3 Å². The minimum Gasteiger partial charge on any atom is -0.393 e. The SMILES string of the molecule is Br.C=CCC(C)O.c1c[nH]cn1. The van der Waals surface area contributed by atoms with Gasteiger partial charge < -0.3 is 10.1 Å². The van der Waals surface area contributed by atoms with Crippen LogP contribution in [0, 0.1) is 0 Å². The van der Waals surface area contributed by atoms with Crippen molar-refractivity contribution in [3.63, 3.8) is 0 Å². The fourth-order valence-corrected chi connectivity index (χ4v) is 0.456. The fraction of sp³-hybridized carbons (Fsp3) is 0.375. The summed E-state index contributed by atoms with van der Waals surface area (Å²) in [4.78, 5) is 6.42. The minimum absolute atomic E-state index is 0. The van der Waals surface area contributed by atoms with Gasteiger partial charge in [-0.15, -0.1) is 23.6 Å². The smallest absolute Gasteiger partial charge is 0.0919 e. The first-order valence-electron chi connectivity index (χ1n) is 3.49. The van der Waals surface area contributed by atoms with Crippen molar-refractivity contribution < 1.29 is 5.11 Å². The van der Waals surface area contributed by atoms with Gasteiger partial charge in [-0.05, 0) is 13.3 Å². The maximum atomic E-state index is 8.48. The number of aromatic nitrogens is 2. The van der Waals surface area contributed by atoms with Gasteiger partial charge in [0.25, 0.3) is 0 Å². The van der Waals surface area contributed by atoms with Gasteiger partial charge in [0.2, 0.25) is 0 Å². The molecule has 70 valence electrons. The number of nitrogens with zero attached hydrogens (tertiary/aromatic N) is 1. The molecule has 12 heavy (non-hydrogen) atoms. The van der Waals surface area contributed by atoms with Gasteiger partial charge in [-0.2, -0.15) is 0 Å². The monoisotopic (exact) mass is 234 g/mol. The standard InChI is InChI=1S/C5H10O.C3H4N2.BrH/c1-3-4-5(2)6;1-2-5-3-4-1;/h3,5-6H,1,4H2,2H3;1-3H,(H,4,5);1H. The summed E-state index contributed by atoms with van der Waals surface area (Å²) >= 11 is 0. The largest absolute Gasteiger partial charge is 0.393 e. The molecule has 0 aliphatic rings. The van der Waals surface area contributed by atoms with Crippen molar-refractivity contribution in [2.75, 3.05) is 0 Å². The molecule has 0 spiro atoms. The van der Waals surface area contributed by atoms with Crippen LogP contribution in [0.4, 0.5) is 0 Å². The molecule has 0 aliphatic heterocycles. The van der Waals surface area contributed by atoms with E-state index < -0.39 is 0 Å². The van der Waals surface area contributed by atoms with Crippen LogP contribution in [0.25, 0.3) is 0 Å². The molecule has 0 radical (unpaired) electrons. The van der Waals surface area contributed by atoms with Gasteiger partial charge in [0.05, 0.1) is 12.4 Å². The Hall–Kier alpha value is -0.610. The maximum absolute atomic E-state index is 8.48. The van der Waals surface area contributed by atoms with Crippen LogP contribution in [0.1, 0.15) is 13.3 Å². The summed E-state index contributed by atoms with van der Waals surface area (Å²) < 4.78 is 0. The molecule has 0 amide bonds. The average Bonchev–Trinajstić information content (AvgIpc) is 2.41. The van der Waals surface area contributed by atoms with Crippen molar-refractivity contribution in [2.24, 2.45) is 0 Å². The van der Waals surface area contributed by atoms with Gasteiger partial charge in [0, 0.05) is 12.4 Å². The molecule has 0 fully saturated rings. The number of hydrogen-bond acceptors (Lipinski definition) is 2. The van der Waals surface area contributed by atoms with Crippen molar-refractivity contribution >= 4 is 17.0 Å². The molecule has 3 nitrogen and oxygen atoms in total. The molecule has 1 aromatic heterocycles. The quantitative estimate of drug-likeness (QED) is 0.769. The second-order valence-electron chi connectivity index (χ2n) is 2.13. The fourth-order valence-electron chi connectivity index (χ4n) is 0.456. The first-order chi connectivity index (χ1) is 5.27. The van der Waals surface area contributed by atoms with E-state index in [1.165, 1.54) is 0 Å². The molecule has 0 saturated carbocycles. The number of nitrogens with one attached hydrogen (secondary N) is 1. The average molecular weight is 235 g/mol. The molecule has 4 heteroatoms. The minimum atomic E-state index is -0.220. The molecule has 1 unspecified atom stereocenters. The number of imidazole rings is 1. The topological polar surface area (TPSA) is 48.9 Å². The van der Waals surface area contributed by atoms with E-state index in [1.54, 1.807) is 31.7 Å². The molecular formula is C8H15BrN2O. The van der Waals surface area contributed by atoms with Crippen LogP contribution >= 0.6 is 17.0 Å². The third kappa shape index (κ3) is 12.1. The summed E-state index contributed by atoms with van der Waals surface area (Å²) in [7, 11) is 0. The molecular weight excluding hydrogens is 220 g/mol. The maximum Gasteiger partial charge on any atom is 0.0919 e. The summed E-state index contributed by atoms with van der Waals surface area (Å²) in [6.07, 6.45) is 7.26.